The van der Waals surface area contributed by atoms with E-state index in [1.54, 1.807) is 0 Å². The summed E-state index contributed by atoms with van der Waals surface area (Å²) in [4.78, 5) is 4.50. The van der Waals surface area contributed by atoms with Crippen molar-refractivity contribution in [2.45, 2.75) is 39.7 Å². The number of fused-ring (bicyclic) bond motifs is 1. The summed E-state index contributed by atoms with van der Waals surface area (Å²) in [5.74, 6) is 0.696. The molecular weight excluding hydrogens is 234 g/mol. The van der Waals surface area contributed by atoms with Gasteiger partial charge in [-0.05, 0) is 31.0 Å². The van der Waals surface area contributed by atoms with Gasteiger partial charge < -0.3 is 9.88 Å². The minimum Gasteiger partial charge on any atom is -0.326 e. The summed E-state index contributed by atoms with van der Waals surface area (Å²) in [5.41, 5.74) is 2.33. The first kappa shape index (κ1) is 14.1. The highest BCUT2D eigenvalue weighted by molar-refractivity contribution is 5.75. The Kier molecular flexibility index (Phi) is 4.97. The maximum absolute atomic E-state index is 4.50. The Morgan fingerprint density at radius 2 is 2.00 bits per heavy atom. The number of rotatable bonds is 7. The van der Waals surface area contributed by atoms with Gasteiger partial charge in [-0.3, -0.25) is 0 Å². The molecule has 0 amide bonds. The molecule has 1 unspecified atom stereocenters. The summed E-state index contributed by atoms with van der Waals surface area (Å²) in [7, 11) is 0. The van der Waals surface area contributed by atoms with E-state index in [0.29, 0.717) is 12.0 Å². The zero-order valence-corrected chi connectivity index (χ0v) is 12.3. The van der Waals surface area contributed by atoms with Gasteiger partial charge >= 0.3 is 0 Å². The zero-order chi connectivity index (χ0) is 13.7. The maximum atomic E-state index is 4.50. The molecule has 0 spiro atoms. The minimum absolute atomic E-state index is 0.496. The van der Waals surface area contributed by atoms with Gasteiger partial charge in [-0.2, -0.15) is 0 Å². The fourth-order valence-electron chi connectivity index (χ4n) is 2.48. The molecule has 1 N–H and O–H groups in total. The molecule has 0 aliphatic rings. The number of hydrogen-bond donors (Lipinski definition) is 1. The highest BCUT2D eigenvalue weighted by Gasteiger charge is 2.12. The van der Waals surface area contributed by atoms with Crippen LogP contribution in [-0.4, -0.2) is 22.6 Å². The van der Waals surface area contributed by atoms with Gasteiger partial charge in [0.05, 0.1) is 17.4 Å². The van der Waals surface area contributed by atoms with Crippen LogP contribution in [0.25, 0.3) is 11.0 Å². The maximum Gasteiger partial charge on any atom is 0.0961 e. The van der Waals surface area contributed by atoms with Crippen molar-refractivity contribution in [3.63, 3.8) is 0 Å². The first-order chi connectivity index (χ1) is 9.22. The molecule has 0 aliphatic heterocycles. The number of aromatic nitrogens is 2. The molecule has 1 aromatic carbocycles. The molecule has 2 rings (SSSR count). The molecular formula is C16H25N3. The lowest BCUT2D eigenvalue weighted by Gasteiger charge is -2.20. The average Bonchev–Trinajstić information content (AvgIpc) is 2.81. The number of nitrogens with zero attached hydrogens (tertiary/aromatic N) is 2. The fraction of sp³-hybridized carbons (Fsp3) is 0.562. The summed E-state index contributed by atoms with van der Waals surface area (Å²) >= 11 is 0. The van der Waals surface area contributed by atoms with Crippen molar-refractivity contribution < 1.29 is 0 Å². The Morgan fingerprint density at radius 3 is 2.74 bits per heavy atom. The quantitative estimate of drug-likeness (QED) is 0.823. The summed E-state index contributed by atoms with van der Waals surface area (Å²) in [6, 6.07) is 8.87. The van der Waals surface area contributed by atoms with Crippen LogP contribution in [0.1, 0.15) is 39.7 Å². The number of hydrogen-bond acceptors (Lipinski definition) is 2. The summed E-state index contributed by atoms with van der Waals surface area (Å²) in [5, 5.41) is 3.57. The van der Waals surface area contributed by atoms with Gasteiger partial charge in [0, 0.05) is 12.6 Å². The molecule has 1 atom stereocenters. The van der Waals surface area contributed by atoms with Crippen molar-refractivity contribution in [3.05, 3.63) is 30.6 Å². The Balaban J connectivity index is 2.13. The van der Waals surface area contributed by atoms with Gasteiger partial charge in [-0.1, -0.05) is 39.3 Å². The third-order valence-corrected chi connectivity index (χ3v) is 3.43. The van der Waals surface area contributed by atoms with Gasteiger partial charge in [0.15, 0.2) is 0 Å². The van der Waals surface area contributed by atoms with Crippen molar-refractivity contribution in [1.82, 2.24) is 14.9 Å². The van der Waals surface area contributed by atoms with E-state index >= 15 is 0 Å². The van der Waals surface area contributed by atoms with E-state index < -0.39 is 0 Å². The third kappa shape index (κ3) is 3.57. The predicted molar refractivity (Wildman–Crippen MR) is 81.4 cm³/mol. The van der Waals surface area contributed by atoms with E-state index in [-0.39, 0.29) is 0 Å². The standard InChI is InChI=1S/C16H25N3/c1-4-7-14(11-17-10-13(2)3)19-12-18-15-8-5-6-9-16(15)19/h5-6,8-9,12-14,17H,4,7,10-11H2,1-3H3. The van der Waals surface area contributed by atoms with Crippen LogP contribution in [0.2, 0.25) is 0 Å². The van der Waals surface area contributed by atoms with Crippen molar-refractivity contribution in [1.29, 1.82) is 0 Å². The van der Waals surface area contributed by atoms with Gasteiger partial charge in [0.25, 0.3) is 0 Å². The lowest BCUT2D eigenvalue weighted by atomic mass is 10.1. The second kappa shape index (κ2) is 6.71. The summed E-state index contributed by atoms with van der Waals surface area (Å²) in [6.07, 6.45) is 4.37. The van der Waals surface area contributed by atoms with Crippen molar-refractivity contribution >= 4 is 11.0 Å². The van der Waals surface area contributed by atoms with Gasteiger partial charge in [0.1, 0.15) is 0 Å². The number of para-hydroxylation sites is 2. The van der Waals surface area contributed by atoms with Gasteiger partial charge in [-0.15, -0.1) is 0 Å². The molecule has 19 heavy (non-hydrogen) atoms. The molecule has 1 aromatic heterocycles. The van der Waals surface area contributed by atoms with Crippen molar-refractivity contribution in [2.75, 3.05) is 13.1 Å². The largest absolute Gasteiger partial charge is 0.326 e. The van der Waals surface area contributed by atoms with Crippen LogP contribution >= 0.6 is 0 Å². The SMILES string of the molecule is CCCC(CNCC(C)C)n1cnc2ccccc21. The summed E-state index contributed by atoms with van der Waals surface area (Å²) < 4.78 is 2.33. The molecule has 0 fully saturated rings. The normalized spacial score (nSPS) is 13.3. The smallest absolute Gasteiger partial charge is 0.0961 e. The van der Waals surface area contributed by atoms with Crippen LogP contribution in [0.4, 0.5) is 0 Å². The predicted octanol–water partition coefficient (Wildman–Crippen LogP) is 3.62. The highest BCUT2D eigenvalue weighted by atomic mass is 15.1. The molecule has 2 aromatic rings. The lowest BCUT2D eigenvalue weighted by Crippen LogP contribution is -2.28. The molecule has 1 heterocycles. The zero-order valence-electron chi connectivity index (χ0n) is 12.3. The second-order valence-corrected chi connectivity index (χ2v) is 5.64. The van der Waals surface area contributed by atoms with E-state index in [1.165, 1.54) is 18.4 Å². The lowest BCUT2D eigenvalue weighted by molar-refractivity contribution is 0.420. The molecule has 0 bridgehead atoms. The van der Waals surface area contributed by atoms with E-state index in [4.69, 9.17) is 0 Å². The van der Waals surface area contributed by atoms with Crippen LogP contribution in [0.15, 0.2) is 30.6 Å². The first-order valence-electron chi connectivity index (χ1n) is 7.34. The van der Waals surface area contributed by atoms with Gasteiger partial charge in [0.2, 0.25) is 0 Å². The molecule has 0 saturated heterocycles. The highest BCUT2D eigenvalue weighted by Crippen LogP contribution is 2.20. The Hall–Kier alpha value is -1.35. The van der Waals surface area contributed by atoms with Crippen LogP contribution in [-0.2, 0) is 0 Å². The van der Waals surface area contributed by atoms with Crippen LogP contribution in [0.5, 0.6) is 0 Å². The molecule has 0 radical (unpaired) electrons. The Morgan fingerprint density at radius 1 is 1.21 bits per heavy atom. The molecule has 0 saturated carbocycles. The molecule has 104 valence electrons. The number of imidazole rings is 1. The molecule has 3 nitrogen and oxygen atoms in total. The van der Waals surface area contributed by atoms with E-state index in [1.807, 2.05) is 12.4 Å². The second-order valence-electron chi connectivity index (χ2n) is 5.64. The van der Waals surface area contributed by atoms with E-state index in [0.717, 1.165) is 18.6 Å². The van der Waals surface area contributed by atoms with Gasteiger partial charge in [-0.25, -0.2) is 4.98 Å². The summed E-state index contributed by atoms with van der Waals surface area (Å²) in [6.45, 7) is 8.83. The fourth-order valence-corrected chi connectivity index (χ4v) is 2.48. The van der Waals surface area contributed by atoms with Crippen LogP contribution in [0.3, 0.4) is 0 Å². The Bertz CT molecular complexity index is 501. The van der Waals surface area contributed by atoms with Crippen LogP contribution < -0.4 is 5.32 Å². The monoisotopic (exact) mass is 259 g/mol. The molecule has 0 aliphatic carbocycles. The van der Waals surface area contributed by atoms with E-state index in [2.05, 4.69) is 53.8 Å². The Labute approximate surface area is 116 Å². The third-order valence-electron chi connectivity index (χ3n) is 3.43. The number of nitrogens with one attached hydrogen (secondary N) is 1. The van der Waals surface area contributed by atoms with Crippen molar-refractivity contribution in [2.24, 2.45) is 5.92 Å². The van der Waals surface area contributed by atoms with Crippen molar-refractivity contribution in [3.8, 4) is 0 Å². The minimum atomic E-state index is 0.496. The molecule has 3 heteroatoms. The van der Waals surface area contributed by atoms with E-state index in [9.17, 15) is 0 Å². The topological polar surface area (TPSA) is 29.9 Å². The average molecular weight is 259 g/mol. The number of benzene rings is 1. The first-order valence-corrected chi connectivity index (χ1v) is 7.34. The van der Waals surface area contributed by atoms with Crippen LogP contribution in [0, 0.1) is 5.92 Å².